The van der Waals surface area contributed by atoms with Crippen LogP contribution < -0.4 is 5.73 Å². The molecule has 0 aromatic carbocycles. The number of hydrogen-bond acceptors (Lipinski definition) is 6. The number of nitrogens with two attached hydrogens (primary N) is 1. The molecule has 0 amide bonds. The summed E-state index contributed by atoms with van der Waals surface area (Å²) in [6.45, 7) is 4.26. The van der Waals surface area contributed by atoms with Gasteiger partial charge in [0, 0.05) is 26.2 Å². The summed E-state index contributed by atoms with van der Waals surface area (Å²) in [5, 5.41) is 34.3. The van der Waals surface area contributed by atoms with E-state index < -0.39 is 0 Å². The summed E-state index contributed by atoms with van der Waals surface area (Å²) in [6, 6.07) is 0. The molecule has 0 aromatic rings. The highest BCUT2D eigenvalue weighted by atomic mass is 16.3. The van der Waals surface area contributed by atoms with Gasteiger partial charge in [0.05, 0.1) is 25.9 Å². The van der Waals surface area contributed by atoms with Crippen molar-refractivity contribution in [3.05, 3.63) is 0 Å². The van der Waals surface area contributed by atoms with Gasteiger partial charge in [-0.2, -0.15) is 0 Å². The highest BCUT2D eigenvalue weighted by Crippen LogP contribution is 1.97. The van der Waals surface area contributed by atoms with Crippen LogP contribution in [0.15, 0.2) is 0 Å². The molecule has 6 heteroatoms. The largest absolute Gasteiger partial charge is 0.395 e. The van der Waals surface area contributed by atoms with Crippen LogP contribution in [0.2, 0.25) is 0 Å². The fourth-order valence-electron chi connectivity index (χ4n) is 1.32. The maximum atomic E-state index is 8.86. The molecule has 0 saturated heterocycles. The molecule has 0 heterocycles. The maximum absolute atomic E-state index is 8.86. The van der Waals surface area contributed by atoms with Gasteiger partial charge in [-0.15, -0.1) is 0 Å². The van der Waals surface area contributed by atoms with E-state index in [2.05, 4.69) is 6.92 Å². The molecule has 6 N–H and O–H groups in total. The van der Waals surface area contributed by atoms with Gasteiger partial charge in [-0.05, 0) is 6.42 Å². The molecule has 0 bridgehead atoms. The molecule has 0 aliphatic heterocycles. The van der Waals surface area contributed by atoms with E-state index in [9.17, 15) is 0 Å². The number of unbranched alkanes of at least 4 members (excludes halogenated alkanes) is 1. The Morgan fingerprint density at radius 1 is 1.00 bits per heavy atom. The summed E-state index contributed by atoms with van der Waals surface area (Å²) in [7, 11) is 0. The van der Waals surface area contributed by atoms with E-state index in [4.69, 9.17) is 26.2 Å². The summed E-state index contributed by atoms with van der Waals surface area (Å²) in [6.07, 6.45) is 2.80. The van der Waals surface area contributed by atoms with Gasteiger partial charge in [0.1, 0.15) is 0 Å². The van der Waals surface area contributed by atoms with Crippen molar-refractivity contribution in [1.82, 2.24) is 4.90 Å². The van der Waals surface area contributed by atoms with Crippen molar-refractivity contribution < 1.29 is 20.4 Å². The van der Waals surface area contributed by atoms with E-state index in [-0.39, 0.29) is 25.9 Å². The van der Waals surface area contributed by atoms with E-state index in [0.717, 1.165) is 19.3 Å². The molecule has 0 saturated carbocycles. The lowest BCUT2D eigenvalue weighted by Crippen LogP contribution is -2.32. The first kappa shape index (κ1) is 20.1. The van der Waals surface area contributed by atoms with E-state index in [1.807, 2.05) is 0 Å². The molecule has 0 fully saturated rings. The second kappa shape index (κ2) is 16.8. The average molecular weight is 266 g/mol. The molecule has 1 unspecified atom stereocenters. The smallest absolute Gasteiger partial charge is 0.0662 e. The quantitative estimate of drug-likeness (QED) is 0.338. The van der Waals surface area contributed by atoms with Crippen molar-refractivity contribution in [2.75, 3.05) is 46.0 Å². The van der Waals surface area contributed by atoms with Crippen molar-refractivity contribution in [1.29, 1.82) is 0 Å². The number of nitrogens with zero attached hydrogens (tertiary/aromatic N) is 1. The molecule has 18 heavy (non-hydrogen) atoms. The lowest BCUT2D eigenvalue weighted by atomic mass is 10.2. The average Bonchev–Trinajstić information content (AvgIpc) is 2.37. The van der Waals surface area contributed by atoms with Gasteiger partial charge in [-0.3, -0.25) is 4.90 Å². The summed E-state index contributed by atoms with van der Waals surface area (Å²) >= 11 is 0. The van der Waals surface area contributed by atoms with Crippen molar-refractivity contribution >= 4 is 0 Å². The summed E-state index contributed by atoms with van der Waals surface area (Å²) < 4.78 is 0. The number of hydrogen-bond donors (Lipinski definition) is 5. The highest BCUT2D eigenvalue weighted by molar-refractivity contribution is 4.54. The Hall–Kier alpha value is -0.240. The first-order valence-electron chi connectivity index (χ1n) is 6.59. The van der Waals surface area contributed by atoms with Crippen LogP contribution in [0.5, 0.6) is 0 Å². The Labute approximate surface area is 110 Å². The topological polar surface area (TPSA) is 110 Å². The Morgan fingerprint density at radius 3 is 1.72 bits per heavy atom. The zero-order valence-electron chi connectivity index (χ0n) is 11.5. The summed E-state index contributed by atoms with van der Waals surface area (Å²) in [5.74, 6) is 0. The summed E-state index contributed by atoms with van der Waals surface area (Å²) in [4.78, 5) is 1.79. The van der Waals surface area contributed by atoms with Crippen LogP contribution in [0.3, 0.4) is 0 Å². The lowest BCUT2D eigenvalue weighted by Gasteiger charge is -2.17. The molecule has 0 aliphatic carbocycles. The summed E-state index contributed by atoms with van der Waals surface area (Å²) in [5.41, 5.74) is 5.16. The minimum Gasteiger partial charge on any atom is -0.395 e. The van der Waals surface area contributed by atoms with Crippen LogP contribution in [0.1, 0.15) is 26.2 Å². The maximum Gasteiger partial charge on any atom is 0.0662 e. The van der Waals surface area contributed by atoms with Gasteiger partial charge in [0.2, 0.25) is 0 Å². The third-order valence-corrected chi connectivity index (χ3v) is 2.41. The fourth-order valence-corrected chi connectivity index (χ4v) is 1.32. The predicted molar refractivity (Wildman–Crippen MR) is 72.3 cm³/mol. The van der Waals surface area contributed by atoms with E-state index >= 15 is 0 Å². The zero-order chi connectivity index (χ0) is 14.2. The first-order valence-corrected chi connectivity index (χ1v) is 6.59. The van der Waals surface area contributed by atoms with Gasteiger partial charge in [0.25, 0.3) is 0 Å². The molecule has 112 valence electrons. The Kier molecular flexibility index (Phi) is 18.7. The minimum atomic E-state index is -0.269. The molecule has 1 atom stereocenters. The van der Waals surface area contributed by atoms with Crippen LogP contribution in [0, 0.1) is 0 Å². The number of aliphatic hydroxyl groups is 4. The van der Waals surface area contributed by atoms with E-state index in [1.165, 1.54) is 0 Å². The lowest BCUT2D eigenvalue weighted by molar-refractivity contribution is 0.136. The van der Waals surface area contributed by atoms with Gasteiger partial charge in [-0.25, -0.2) is 0 Å². The second-order valence-electron chi connectivity index (χ2n) is 4.04. The molecule has 0 radical (unpaired) electrons. The Balaban J connectivity index is 0. The van der Waals surface area contributed by atoms with Gasteiger partial charge < -0.3 is 26.2 Å². The van der Waals surface area contributed by atoms with Crippen LogP contribution in [0.4, 0.5) is 0 Å². The standard InChI is InChI=1S/C6H15NO3.C6H15NO/c8-4-1-7(2-5-9)3-6-10;1-2-3-4-6(8)5-7/h8-10H,1-6H2;6,8H,2-5,7H2,1H3. The van der Waals surface area contributed by atoms with Gasteiger partial charge in [-0.1, -0.05) is 19.8 Å². The second-order valence-corrected chi connectivity index (χ2v) is 4.04. The van der Waals surface area contributed by atoms with E-state index in [1.54, 1.807) is 4.90 Å². The number of rotatable bonds is 10. The molecule has 6 nitrogen and oxygen atoms in total. The predicted octanol–water partition coefficient (Wildman–Crippen LogP) is -1.24. The van der Waals surface area contributed by atoms with Crippen molar-refractivity contribution in [3.8, 4) is 0 Å². The van der Waals surface area contributed by atoms with Crippen LogP contribution in [0.25, 0.3) is 0 Å². The number of aliphatic hydroxyl groups excluding tert-OH is 4. The highest BCUT2D eigenvalue weighted by Gasteiger charge is 2.00. The third kappa shape index (κ3) is 15.8. The van der Waals surface area contributed by atoms with Gasteiger partial charge >= 0.3 is 0 Å². The molecule has 0 aromatic heterocycles. The third-order valence-electron chi connectivity index (χ3n) is 2.41. The van der Waals surface area contributed by atoms with Crippen LogP contribution >= 0.6 is 0 Å². The minimum absolute atomic E-state index is 0.0694. The SMILES string of the molecule is CCCCC(O)CN.OCCN(CCO)CCO. The van der Waals surface area contributed by atoms with E-state index in [0.29, 0.717) is 26.2 Å². The monoisotopic (exact) mass is 266 g/mol. The van der Waals surface area contributed by atoms with Crippen molar-refractivity contribution in [2.24, 2.45) is 5.73 Å². The zero-order valence-corrected chi connectivity index (χ0v) is 11.5. The van der Waals surface area contributed by atoms with Gasteiger partial charge in [0.15, 0.2) is 0 Å². The molecular formula is C12H30N2O4. The van der Waals surface area contributed by atoms with Crippen LogP contribution in [-0.4, -0.2) is 77.4 Å². The molecule has 0 spiro atoms. The first-order chi connectivity index (χ1) is 8.65. The normalized spacial score (nSPS) is 12.2. The Morgan fingerprint density at radius 2 is 1.44 bits per heavy atom. The van der Waals surface area contributed by atoms with Crippen molar-refractivity contribution in [3.63, 3.8) is 0 Å². The fraction of sp³-hybridized carbons (Fsp3) is 1.00. The Bertz CT molecular complexity index is 136. The van der Waals surface area contributed by atoms with Crippen LogP contribution in [-0.2, 0) is 0 Å². The molecular weight excluding hydrogens is 236 g/mol. The molecule has 0 aliphatic rings. The molecule has 0 rings (SSSR count). The van der Waals surface area contributed by atoms with Crippen molar-refractivity contribution in [2.45, 2.75) is 32.3 Å².